The van der Waals surface area contributed by atoms with Gasteiger partial charge in [0.25, 0.3) is 0 Å². The first kappa shape index (κ1) is 17.7. The summed E-state index contributed by atoms with van der Waals surface area (Å²) < 4.78 is 12.3. The summed E-state index contributed by atoms with van der Waals surface area (Å²) in [6.45, 7) is 0.643. The topological polar surface area (TPSA) is 86.4 Å². The van der Waals surface area contributed by atoms with Crippen LogP contribution in [0.4, 0.5) is 0 Å². The Hall–Kier alpha value is -3.74. The zero-order chi connectivity index (χ0) is 19.2. The van der Waals surface area contributed by atoms with Gasteiger partial charge in [0.15, 0.2) is 5.76 Å². The van der Waals surface area contributed by atoms with Gasteiger partial charge in [0.2, 0.25) is 17.6 Å². The lowest BCUT2D eigenvalue weighted by molar-refractivity contribution is -0.118. The number of carbonyl (C=O) groups excluding carboxylic acids is 1. The van der Waals surface area contributed by atoms with Gasteiger partial charge in [-0.3, -0.25) is 4.79 Å². The molecule has 0 bridgehead atoms. The lowest BCUT2D eigenvalue weighted by atomic mass is 10.2. The first-order chi connectivity index (χ1) is 13.8. The van der Waals surface area contributed by atoms with Crippen molar-refractivity contribution in [2.24, 2.45) is 4.99 Å². The molecule has 7 nitrogen and oxygen atoms in total. The number of furan rings is 1. The van der Waals surface area contributed by atoms with E-state index in [1.165, 1.54) is 0 Å². The third-order valence-electron chi connectivity index (χ3n) is 4.11. The molecular formula is C21H18N4O3. The summed E-state index contributed by atoms with van der Waals surface area (Å²) in [6, 6.07) is 19.1. The summed E-state index contributed by atoms with van der Waals surface area (Å²) in [4.78, 5) is 20.8. The second kappa shape index (κ2) is 8.30. The van der Waals surface area contributed by atoms with Crippen LogP contribution in [0.2, 0.25) is 0 Å². The molecule has 0 aliphatic carbocycles. The molecule has 3 heterocycles. The summed E-state index contributed by atoms with van der Waals surface area (Å²) >= 11 is 0. The molecule has 0 N–H and O–H groups in total. The number of carbonyl (C=O) groups is 1. The molecule has 1 amide bonds. The molecule has 0 saturated heterocycles. The Morgan fingerprint density at radius 2 is 1.89 bits per heavy atom. The lowest BCUT2D eigenvalue weighted by Gasteiger charge is -2.07. The van der Waals surface area contributed by atoms with Crippen LogP contribution in [0, 0.1) is 0 Å². The zero-order valence-electron chi connectivity index (χ0n) is 15.1. The van der Waals surface area contributed by atoms with Crippen LogP contribution in [-0.4, -0.2) is 20.6 Å². The predicted octanol–water partition coefficient (Wildman–Crippen LogP) is 3.24. The van der Waals surface area contributed by atoms with Crippen LogP contribution in [0.5, 0.6) is 0 Å². The summed E-state index contributed by atoms with van der Waals surface area (Å²) in [6.07, 6.45) is 3.95. The maximum Gasteiger partial charge on any atom is 0.248 e. The van der Waals surface area contributed by atoms with Crippen molar-refractivity contribution in [2.45, 2.75) is 19.4 Å². The van der Waals surface area contributed by atoms with Crippen LogP contribution in [-0.2, 0) is 17.8 Å². The molecule has 0 fully saturated rings. The molecule has 0 unspecified atom stereocenters. The first-order valence-electron chi connectivity index (χ1n) is 8.91. The van der Waals surface area contributed by atoms with Gasteiger partial charge in [0.1, 0.15) is 5.49 Å². The fourth-order valence-corrected chi connectivity index (χ4v) is 2.74. The molecule has 3 aromatic heterocycles. The van der Waals surface area contributed by atoms with Crippen LogP contribution in [0.25, 0.3) is 11.6 Å². The fraction of sp³-hybridized carbons (Fsp3) is 0.143. The second-order valence-corrected chi connectivity index (χ2v) is 6.17. The minimum atomic E-state index is -0.245. The van der Waals surface area contributed by atoms with E-state index in [0.29, 0.717) is 35.9 Å². The van der Waals surface area contributed by atoms with E-state index in [1.807, 2.05) is 59.3 Å². The van der Waals surface area contributed by atoms with E-state index in [-0.39, 0.29) is 12.3 Å². The SMILES string of the molecule is O=C(CCc1nc(-c2ccco2)no1)N=c1ccccn1Cc1ccccc1. The summed E-state index contributed by atoms with van der Waals surface area (Å²) in [5.74, 6) is 1.02. The molecule has 0 spiro atoms. The van der Waals surface area contributed by atoms with Crippen LogP contribution in [0.1, 0.15) is 17.9 Å². The van der Waals surface area contributed by atoms with Gasteiger partial charge < -0.3 is 13.5 Å². The summed E-state index contributed by atoms with van der Waals surface area (Å²) in [5, 5.41) is 3.86. The molecule has 0 aliphatic heterocycles. The molecule has 0 radical (unpaired) electrons. The number of nitrogens with zero attached hydrogens (tertiary/aromatic N) is 4. The van der Waals surface area contributed by atoms with Crippen LogP contribution in [0.15, 0.2) is 87.1 Å². The minimum absolute atomic E-state index is 0.181. The molecule has 4 rings (SSSR count). The number of hydrogen-bond donors (Lipinski definition) is 0. The van der Waals surface area contributed by atoms with Crippen molar-refractivity contribution in [3.8, 4) is 11.6 Å². The van der Waals surface area contributed by atoms with E-state index >= 15 is 0 Å². The van der Waals surface area contributed by atoms with Crippen molar-refractivity contribution in [3.63, 3.8) is 0 Å². The van der Waals surface area contributed by atoms with Gasteiger partial charge in [-0.1, -0.05) is 41.6 Å². The molecule has 0 saturated carbocycles. The molecule has 4 aromatic rings. The highest BCUT2D eigenvalue weighted by molar-refractivity contribution is 5.76. The fourth-order valence-electron chi connectivity index (χ4n) is 2.74. The van der Waals surface area contributed by atoms with Crippen molar-refractivity contribution in [2.75, 3.05) is 0 Å². The lowest BCUT2D eigenvalue weighted by Crippen LogP contribution is -2.22. The average Bonchev–Trinajstić information content (AvgIpc) is 3.40. The normalized spacial score (nSPS) is 11.6. The molecular weight excluding hydrogens is 356 g/mol. The highest BCUT2D eigenvalue weighted by atomic mass is 16.5. The Bertz CT molecular complexity index is 1110. The number of benzene rings is 1. The standard InChI is InChI=1S/C21H18N4O3/c26-19(11-12-20-23-21(24-28-20)17-9-6-14-27-17)22-18-10-4-5-13-25(18)15-16-7-2-1-3-8-16/h1-10,13-14H,11-12,15H2. The van der Waals surface area contributed by atoms with E-state index in [2.05, 4.69) is 15.1 Å². The van der Waals surface area contributed by atoms with Crippen LogP contribution < -0.4 is 5.49 Å². The molecule has 28 heavy (non-hydrogen) atoms. The van der Waals surface area contributed by atoms with Gasteiger partial charge >= 0.3 is 0 Å². The predicted molar refractivity (Wildman–Crippen MR) is 101 cm³/mol. The molecule has 1 aromatic carbocycles. The van der Waals surface area contributed by atoms with Crippen molar-refractivity contribution in [3.05, 3.63) is 90.1 Å². The quantitative estimate of drug-likeness (QED) is 0.517. The highest BCUT2D eigenvalue weighted by Crippen LogP contribution is 2.16. The molecule has 7 heteroatoms. The van der Waals surface area contributed by atoms with Crippen LogP contribution >= 0.6 is 0 Å². The number of aryl methyl sites for hydroxylation is 1. The Morgan fingerprint density at radius 1 is 1.04 bits per heavy atom. The average molecular weight is 374 g/mol. The van der Waals surface area contributed by atoms with Gasteiger partial charge in [0.05, 0.1) is 6.26 Å². The van der Waals surface area contributed by atoms with Gasteiger partial charge in [-0.15, -0.1) is 0 Å². The van der Waals surface area contributed by atoms with Crippen molar-refractivity contribution >= 4 is 5.91 Å². The molecule has 0 atom stereocenters. The zero-order valence-corrected chi connectivity index (χ0v) is 15.1. The highest BCUT2D eigenvalue weighted by Gasteiger charge is 2.12. The van der Waals surface area contributed by atoms with E-state index in [0.717, 1.165) is 5.56 Å². The Labute approximate surface area is 161 Å². The summed E-state index contributed by atoms with van der Waals surface area (Å²) in [7, 11) is 0. The summed E-state index contributed by atoms with van der Waals surface area (Å²) in [5.41, 5.74) is 1.75. The van der Waals surface area contributed by atoms with E-state index in [1.54, 1.807) is 18.4 Å². The maximum atomic E-state index is 12.3. The number of aromatic nitrogens is 3. The maximum absolute atomic E-state index is 12.3. The largest absolute Gasteiger partial charge is 0.461 e. The third kappa shape index (κ3) is 4.32. The Balaban J connectivity index is 1.44. The van der Waals surface area contributed by atoms with Crippen LogP contribution in [0.3, 0.4) is 0 Å². The smallest absolute Gasteiger partial charge is 0.248 e. The number of rotatable bonds is 6. The van der Waals surface area contributed by atoms with Crippen molar-refractivity contribution in [1.29, 1.82) is 0 Å². The van der Waals surface area contributed by atoms with E-state index < -0.39 is 0 Å². The van der Waals surface area contributed by atoms with E-state index in [9.17, 15) is 4.79 Å². The van der Waals surface area contributed by atoms with Gasteiger partial charge in [0, 0.05) is 25.6 Å². The van der Waals surface area contributed by atoms with E-state index in [4.69, 9.17) is 8.94 Å². The second-order valence-electron chi connectivity index (χ2n) is 6.17. The monoisotopic (exact) mass is 374 g/mol. The minimum Gasteiger partial charge on any atom is -0.461 e. The van der Waals surface area contributed by atoms with Gasteiger partial charge in [-0.2, -0.15) is 9.98 Å². The Kier molecular flexibility index (Phi) is 5.24. The number of hydrogen-bond acceptors (Lipinski definition) is 5. The number of pyridine rings is 1. The molecule has 0 aliphatic rings. The Morgan fingerprint density at radius 3 is 2.71 bits per heavy atom. The molecule has 140 valence electrons. The number of amides is 1. The van der Waals surface area contributed by atoms with Crippen molar-refractivity contribution in [1.82, 2.24) is 14.7 Å². The van der Waals surface area contributed by atoms with Crippen molar-refractivity contribution < 1.29 is 13.7 Å². The van der Waals surface area contributed by atoms with Gasteiger partial charge in [-0.25, -0.2) is 0 Å². The third-order valence-corrected chi connectivity index (χ3v) is 4.11. The first-order valence-corrected chi connectivity index (χ1v) is 8.91. The van der Waals surface area contributed by atoms with Gasteiger partial charge in [-0.05, 0) is 29.8 Å².